The fourth-order valence-electron chi connectivity index (χ4n) is 4.61. The Kier molecular flexibility index (Phi) is 7.35. The summed E-state index contributed by atoms with van der Waals surface area (Å²) in [5, 5.41) is 9.20. The van der Waals surface area contributed by atoms with Crippen LogP contribution >= 0.6 is 0 Å². The highest BCUT2D eigenvalue weighted by molar-refractivity contribution is 5.78. The van der Waals surface area contributed by atoms with E-state index in [1.807, 2.05) is 31.2 Å². The van der Waals surface area contributed by atoms with Gasteiger partial charge in [-0.15, -0.1) is 10.2 Å². The van der Waals surface area contributed by atoms with Gasteiger partial charge in [0.2, 0.25) is 0 Å². The standard InChI is InChI=1S/C27H34N4O/c1-4-31(5-2)23-15-11-21(12-16-23)26-27(22-13-17-24(18-14-22)32-6-3)30-29-25(28-26)19-20-9-7-8-10-20/h11-18,20H,4-10,19H2,1-3H3. The molecule has 0 saturated heterocycles. The molecule has 168 valence electrons. The Balaban J connectivity index is 1.70. The third kappa shape index (κ3) is 5.09. The monoisotopic (exact) mass is 430 g/mol. The van der Waals surface area contributed by atoms with Crippen LogP contribution in [0.4, 0.5) is 5.69 Å². The first-order valence-electron chi connectivity index (χ1n) is 12.0. The molecule has 1 fully saturated rings. The van der Waals surface area contributed by atoms with Gasteiger partial charge in [-0.25, -0.2) is 4.98 Å². The van der Waals surface area contributed by atoms with E-state index < -0.39 is 0 Å². The van der Waals surface area contributed by atoms with Crippen LogP contribution in [0.1, 0.15) is 52.3 Å². The molecular weight excluding hydrogens is 396 g/mol. The number of ether oxygens (including phenoxy) is 1. The highest BCUT2D eigenvalue weighted by Gasteiger charge is 2.20. The van der Waals surface area contributed by atoms with E-state index in [1.54, 1.807) is 0 Å². The van der Waals surface area contributed by atoms with Gasteiger partial charge in [0.1, 0.15) is 17.1 Å². The van der Waals surface area contributed by atoms with Crippen molar-refractivity contribution in [3.05, 3.63) is 54.4 Å². The highest BCUT2D eigenvalue weighted by Crippen LogP contribution is 2.32. The van der Waals surface area contributed by atoms with Crippen molar-refractivity contribution in [2.45, 2.75) is 52.9 Å². The van der Waals surface area contributed by atoms with Gasteiger partial charge < -0.3 is 9.64 Å². The Morgan fingerprint density at radius 1 is 0.812 bits per heavy atom. The number of aromatic nitrogens is 3. The lowest BCUT2D eigenvalue weighted by atomic mass is 10.0. The van der Waals surface area contributed by atoms with Gasteiger partial charge in [-0.2, -0.15) is 0 Å². The Labute approximate surface area is 191 Å². The molecule has 5 nitrogen and oxygen atoms in total. The van der Waals surface area contributed by atoms with E-state index in [-0.39, 0.29) is 0 Å². The Hall–Kier alpha value is -2.95. The molecule has 0 amide bonds. The summed E-state index contributed by atoms with van der Waals surface area (Å²) in [6.45, 7) is 9.00. The maximum atomic E-state index is 5.61. The van der Waals surface area contributed by atoms with Crippen molar-refractivity contribution in [1.29, 1.82) is 0 Å². The smallest absolute Gasteiger partial charge is 0.151 e. The molecule has 5 heteroatoms. The molecule has 0 radical (unpaired) electrons. The van der Waals surface area contributed by atoms with Crippen LogP contribution in [0.3, 0.4) is 0 Å². The summed E-state index contributed by atoms with van der Waals surface area (Å²) in [7, 11) is 0. The van der Waals surface area contributed by atoms with Crippen LogP contribution in [0.25, 0.3) is 22.5 Å². The van der Waals surface area contributed by atoms with Gasteiger partial charge in [0.15, 0.2) is 5.82 Å². The van der Waals surface area contributed by atoms with Gasteiger partial charge in [0, 0.05) is 36.3 Å². The SMILES string of the molecule is CCOc1ccc(-c2nnc(CC3CCCC3)nc2-c2ccc(N(CC)CC)cc2)cc1. The zero-order valence-electron chi connectivity index (χ0n) is 19.6. The molecule has 1 aromatic heterocycles. The van der Waals surface area contributed by atoms with Crippen molar-refractivity contribution >= 4 is 5.69 Å². The van der Waals surface area contributed by atoms with Gasteiger partial charge in [-0.05, 0) is 63.1 Å². The van der Waals surface area contributed by atoms with Crippen LogP contribution in [0.5, 0.6) is 5.75 Å². The Morgan fingerprint density at radius 2 is 1.44 bits per heavy atom. The van der Waals surface area contributed by atoms with Crippen molar-refractivity contribution in [2.75, 3.05) is 24.6 Å². The topological polar surface area (TPSA) is 51.1 Å². The highest BCUT2D eigenvalue weighted by atomic mass is 16.5. The Bertz CT molecular complexity index is 991. The van der Waals surface area contributed by atoms with Crippen LogP contribution in [0.2, 0.25) is 0 Å². The van der Waals surface area contributed by atoms with Gasteiger partial charge in [-0.1, -0.05) is 37.8 Å². The fourth-order valence-corrected chi connectivity index (χ4v) is 4.61. The second-order valence-electron chi connectivity index (χ2n) is 8.46. The lowest BCUT2D eigenvalue weighted by Crippen LogP contribution is -2.21. The van der Waals surface area contributed by atoms with Crippen molar-refractivity contribution in [2.24, 2.45) is 5.92 Å². The van der Waals surface area contributed by atoms with Crippen LogP contribution in [0.15, 0.2) is 48.5 Å². The van der Waals surface area contributed by atoms with E-state index in [0.717, 1.165) is 53.6 Å². The van der Waals surface area contributed by atoms with Crippen molar-refractivity contribution in [3.63, 3.8) is 0 Å². The summed E-state index contributed by atoms with van der Waals surface area (Å²) in [4.78, 5) is 7.39. The number of anilines is 1. The summed E-state index contributed by atoms with van der Waals surface area (Å²) < 4.78 is 5.61. The van der Waals surface area contributed by atoms with Crippen molar-refractivity contribution in [1.82, 2.24) is 15.2 Å². The third-order valence-electron chi connectivity index (χ3n) is 6.38. The molecule has 32 heavy (non-hydrogen) atoms. The molecule has 1 saturated carbocycles. The molecule has 1 aliphatic carbocycles. The maximum Gasteiger partial charge on any atom is 0.151 e. The van der Waals surface area contributed by atoms with E-state index in [2.05, 4.69) is 53.2 Å². The van der Waals surface area contributed by atoms with Crippen LogP contribution in [0, 0.1) is 5.92 Å². The third-order valence-corrected chi connectivity index (χ3v) is 6.38. The summed E-state index contributed by atoms with van der Waals surface area (Å²) >= 11 is 0. The molecule has 0 N–H and O–H groups in total. The first-order chi connectivity index (χ1) is 15.7. The van der Waals surface area contributed by atoms with Gasteiger partial charge in [0.05, 0.1) is 6.61 Å². The fraction of sp³-hybridized carbons (Fsp3) is 0.444. The molecule has 1 heterocycles. The lowest BCUT2D eigenvalue weighted by Gasteiger charge is -2.21. The molecule has 4 rings (SSSR count). The second kappa shape index (κ2) is 10.6. The van der Waals surface area contributed by atoms with Gasteiger partial charge in [-0.3, -0.25) is 0 Å². The molecule has 2 aromatic carbocycles. The Morgan fingerprint density at radius 3 is 2.06 bits per heavy atom. The quantitative estimate of drug-likeness (QED) is 0.405. The molecule has 0 aliphatic heterocycles. The lowest BCUT2D eigenvalue weighted by molar-refractivity contribution is 0.340. The number of hydrogen-bond donors (Lipinski definition) is 0. The molecule has 1 aliphatic rings. The molecule has 0 unspecified atom stereocenters. The van der Waals surface area contributed by atoms with Crippen LogP contribution in [-0.2, 0) is 6.42 Å². The predicted molar refractivity (Wildman–Crippen MR) is 131 cm³/mol. The number of nitrogens with zero attached hydrogens (tertiary/aromatic N) is 4. The molecule has 0 spiro atoms. The summed E-state index contributed by atoms with van der Waals surface area (Å²) in [6.07, 6.45) is 6.11. The normalized spacial score (nSPS) is 14.0. The van der Waals surface area contributed by atoms with Crippen molar-refractivity contribution in [3.8, 4) is 28.3 Å². The number of benzene rings is 2. The van der Waals surface area contributed by atoms with E-state index >= 15 is 0 Å². The molecule has 0 bridgehead atoms. The molecule has 0 atom stereocenters. The van der Waals surface area contributed by atoms with Gasteiger partial charge in [0.25, 0.3) is 0 Å². The van der Waals surface area contributed by atoms with Crippen LogP contribution < -0.4 is 9.64 Å². The summed E-state index contributed by atoms with van der Waals surface area (Å²) in [6, 6.07) is 16.7. The van der Waals surface area contributed by atoms with Gasteiger partial charge >= 0.3 is 0 Å². The summed E-state index contributed by atoms with van der Waals surface area (Å²) in [5.74, 6) is 2.40. The van der Waals surface area contributed by atoms with E-state index in [9.17, 15) is 0 Å². The molecule has 3 aromatic rings. The minimum atomic E-state index is 0.653. The van der Waals surface area contributed by atoms with Crippen molar-refractivity contribution < 1.29 is 4.74 Å². The predicted octanol–water partition coefficient (Wildman–Crippen LogP) is 6.18. The first-order valence-corrected chi connectivity index (χ1v) is 12.0. The second-order valence-corrected chi connectivity index (χ2v) is 8.46. The minimum Gasteiger partial charge on any atom is -0.494 e. The summed E-state index contributed by atoms with van der Waals surface area (Å²) in [5.41, 5.74) is 5.03. The zero-order valence-corrected chi connectivity index (χ0v) is 19.6. The number of rotatable bonds is 9. The zero-order chi connectivity index (χ0) is 22.3. The van der Waals surface area contributed by atoms with E-state index in [4.69, 9.17) is 9.72 Å². The maximum absolute atomic E-state index is 5.61. The van der Waals surface area contributed by atoms with E-state index in [0.29, 0.717) is 12.5 Å². The number of hydrogen-bond acceptors (Lipinski definition) is 5. The van der Waals surface area contributed by atoms with Crippen LogP contribution in [-0.4, -0.2) is 34.9 Å². The largest absolute Gasteiger partial charge is 0.494 e. The minimum absolute atomic E-state index is 0.653. The van der Waals surface area contributed by atoms with E-state index in [1.165, 1.54) is 31.4 Å². The molecular formula is C27H34N4O. The average molecular weight is 431 g/mol. The average Bonchev–Trinajstić information content (AvgIpc) is 3.34. The first kappa shape index (κ1) is 22.3.